The summed E-state index contributed by atoms with van der Waals surface area (Å²) in [5.74, 6) is 1.99. The average molecular weight is 735 g/mol. The molecule has 4 aliphatic rings. The van der Waals surface area contributed by atoms with Crippen LogP contribution in [0.4, 0.5) is 4.79 Å². The lowest BCUT2D eigenvalue weighted by Gasteiger charge is -2.39. The van der Waals surface area contributed by atoms with Gasteiger partial charge in [0.25, 0.3) is 5.91 Å². The highest BCUT2D eigenvalue weighted by Crippen LogP contribution is 2.54. The summed E-state index contributed by atoms with van der Waals surface area (Å²) >= 11 is 0. The van der Waals surface area contributed by atoms with Crippen LogP contribution in [0.25, 0.3) is 44.3 Å². The quantitative estimate of drug-likeness (QED) is 0.163. The second-order valence-corrected chi connectivity index (χ2v) is 15.4. The van der Waals surface area contributed by atoms with Crippen LogP contribution >= 0.6 is 0 Å². The van der Waals surface area contributed by atoms with Gasteiger partial charge in [-0.25, -0.2) is 19.8 Å². The number of aromatic amines is 2. The van der Waals surface area contributed by atoms with Crippen molar-refractivity contribution in [3.8, 4) is 22.3 Å². The number of aromatic nitrogens is 4. The summed E-state index contributed by atoms with van der Waals surface area (Å²) in [4.78, 5) is 58.2. The third-order valence-corrected chi connectivity index (χ3v) is 12.2. The zero-order chi connectivity index (χ0) is 37.4. The molecular weight excluding hydrogens is 693 g/mol. The largest absolute Gasteiger partial charge is 0.453 e. The van der Waals surface area contributed by atoms with Crippen molar-refractivity contribution in [3.63, 3.8) is 0 Å². The van der Waals surface area contributed by atoms with E-state index in [-0.39, 0.29) is 29.8 Å². The molecule has 6 aromatic rings. The third-order valence-electron chi connectivity index (χ3n) is 12.2. The van der Waals surface area contributed by atoms with Crippen molar-refractivity contribution < 1.29 is 19.1 Å². The van der Waals surface area contributed by atoms with Crippen molar-refractivity contribution in [2.45, 2.75) is 62.7 Å². The number of rotatable bonds is 7. The van der Waals surface area contributed by atoms with Gasteiger partial charge in [-0.15, -0.1) is 0 Å². The zero-order valence-electron chi connectivity index (χ0n) is 30.7. The van der Waals surface area contributed by atoms with Crippen molar-refractivity contribution in [1.82, 2.24) is 40.2 Å². The number of methoxy groups -OCH3 is 1. The van der Waals surface area contributed by atoms with Gasteiger partial charge in [0.05, 0.1) is 41.1 Å². The molecule has 4 fully saturated rings. The molecule has 4 aromatic carbocycles. The Balaban J connectivity index is 0.858. The highest BCUT2D eigenvalue weighted by molar-refractivity contribution is 5.88. The summed E-state index contributed by atoms with van der Waals surface area (Å²) in [5.41, 5.74) is 8.93. The third kappa shape index (κ3) is 5.83. The van der Waals surface area contributed by atoms with Crippen molar-refractivity contribution in [3.05, 3.63) is 108 Å². The summed E-state index contributed by atoms with van der Waals surface area (Å²) in [6.07, 6.45) is 2.72. The Morgan fingerprint density at radius 2 is 1.38 bits per heavy atom. The molecule has 0 unspecified atom stereocenters. The van der Waals surface area contributed by atoms with Gasteiger partial charge in [-0.2, -0.15) is 0 Å². The van der Waals surface area contributed by atoms with Gasteiger partial charge in [0.1, 0.15) is 23.7 Å². The predicted octanol–water partition coefficient (Wildman–Crippen LogP) is 6.86. The lowest BCUT2D eigenvalue weighted by atomic mass is 9.99. The lowest BCUT2D eigenvalue weighted by molar-refractivity contribution is -0.156. The number of benzene rings is 4. The Bertz CT molecular complexity index is 2460. The number of nitrogens with one attached hydrogen (secondary N) is 3. The first-order valence-corrected chi connectivity index (χ1v) is 19.2. The summed E-state index contributed by atoms with van der Waals surface area (Å²) in [7, 11) is 1.30. The lowest BCUT2D eigenvalue weighted by Crippen LogP contribution is -2.58. The number of piperidine rings is 1. The Morgan fingerprint density at radius 3 is 2.02 bits per heavy atom. The second-order valence-electron chi connectivity index (χ2n) is 15.4. The number of fused-ring (bicyclic) bond motifs is 4. The van der Waals surface area contributed by atoms with Gasteiger partial charge in [-0.3, -0.25) is 14.6 Å². The maximum absolute atomic E-state index is 13.8. The Labute approximate surface area is 317 Å². The number of H-pyrrole nitrogens is 2. The van der Waals surface area contributed by atoms with Gasteiger partial charge in [-0.1, -0.05) is 66.7 Å². The molecule has 3 aliphatic heterocycles. The van der Waals surface area contributed by atoms with Crippen molar-refractivity contribution in [2.24, 2.45) is 5.92 Å². The molecule has 1 aliphatic carbocycles. The molecule has 5 heterocycles. The number of imidazole rings is 2. The van der Waals surface area contributed by atoms with E-state index >= 15 is 0 Å². The molecule has 278 valence electrons. The fourth-order valence-corrected chi connectivity index (χ4v) is 9.07. The maximum atomic E-state index is 13.8. The maximum Gasteiger partial charge on any atom is 0.407 e. The molecule has 12 heteroatoms. The van der Waals surface area contributed by atoms with Crippen LogP contribution in [0.15, 0.2) is 91.0 Å². The molecule has 2 aromatic heterocycles. The van der Waals surface area contributed by atoms with Crippen molar-refractivity contribution in [1.29, 1.82) is 0 Å². The van der Waals surface area contributed by atoms with Crippen LogP contribution < -0.4 is 5.32 Å². The number of amides is 3. The molecule has 0 bridgehead atoms. The van der Waals surface area contributed by atoms with Gasteiger partial charge < -0.3 is 24.9 Å². The molecule has 55 heavy (non-hydrogen) atoms. The number of hydrogen-bond donors (Lipinski definition) is 3. The van der Waals surface area contributed by atoms with Crippen LogP contribution in [0.3, 0.4) is 0 Å². The number of carbonyl (C=O) groups excluding carboxylic acids is 3. The summed E-state index contributed by atoms with van der Waals surface area (Å²) in [5, 5.41) is 6.48. The van der Waals surface area contributed by atoms with Crippen molar-refractivity contribution in [2.75, 3.05) is 20.2 Å². The molecule has 6 atom stereocenters. The zero-order valence-corrected chi connectivity index (χ0v) is 30.7. The summed E-state index contributed by atoms with van der Waals surface area (Å²) in [6.45, 7) is 3.43. The first-order valence-electron chi connectivity index (χ1n) is 19.2. The highest BCUT2D eigenvalue weighted by Gasteiger charge is 2.55. The topological polar surface area (TPSA) is 140 Å². The van der Waals surface area contributed by atoms with Gasteiger partial charge in [-0.05, 0) is 90.6 Å². The number of alkyl carbamates (subject to hydrolysis) is 1. The van der Waals surface area contributed by atoms with E-state index in [1.807, 2.05) is 48.3 Å². The van der Waals surface area contributed by atoms with Crippen LogP contribution in [-0.2, 0) is 14.3 Å². The molecule has 0 spiro atoms. The number of carbonyl (C=O) groups is 3. The fraction of sp³-hybridized carbons (Fsp3) is 0.326. The summed E-state index contributed by atoms with van der Waals surface area (Å²) in [6, 6.07) is 30.5. The molecule has 3 N–H and O–H groups in total. The van der Waals surface area contributed by atoms with E-state index < -0.39 is 12.1 Å². The number of nitrogens with zero attached hydrogens (tertiary/aromatic N) is 5. The average Bonchev–Trinajstić information content (AvgIpc) is 3.64. The smallest absolute Gasteiger partial charge is 0.407 e. The molecule has 3 amide bonds. The number of likely N-dealkylation sites (tertiary alicyclic amines) is 1. The van der Waals surface area contributed by atoms with E-state index in [1.54, 1.807) is 5.01 Å². The highest BCUT2D eigenvalue weighted by atomic mass is 16.5. The van der Waals surface area contributed by atoms with E-state index in [0.29, 0.717) is 24.9 Å². The molecule has 12 nitrogen and oxygen atoms in total. The normalized spacial score (nSPS) is 23.9. The number of ether oxygens (including phenoxy) is 1. The molecule has 3 saturated heterocycles. The monoisotopic (exact) mass is 734 g/mol. The molecule has 10 rings (SSSR count). The van der Waals surface area contributed by atoms with Crippen LogP contribution in [-0.4, -0.2) is 85.0 Å². The Morgan fingerprint density at radius 1 is 0.782 bits per heavy atom. The van der Waals surface area contributed by atoms with E-state index in [4.69, 9.17) is 14.7 Å². The predicted molar refractivity (Wildman–Crippen MR) is 207 cm³/mol. The minimum Gasteiger partial charge on any atom is -0.453 e. The first kappa shape index (κ1) is 33.6. The van der Waals surface area contributed by atoms with Crippen LogP contribution in [0.2, 0.25) is 0 Å². The first-order chi connectivity index (χ1) is 26.8. The molecular formula is C43H42N8O4. The minimum absolute atomic E-state index is 0.0386. The van der Waals surface area contributed by atoms with E-state index in [1.165, 1.54) is 7.11 Å². The van der Waals surface area contributed by atoms with Gasteiger partial charge >= 0.3 is 6.09 Å². The van der Waals surface area contributed by atoms with Crippen LogP contribution in [0.1, 0.15) is 67.8 Å². The minimum atomic E-state index is -0.624. The Hall–Kier alpha value is -6.01. The van der Waals surface area contributed by atoms with Gasteiger partial charge in [0.15, 0.2) is 0 Å². The Kier molecular flexibility index (Phi) is 7.98. The molecule has 0 radical (unpaired) electrons. The SMILES string of the molecule is COC(=O)N[C@H]1CCN2CC[C@@H](c3nc4cc(-c5ccc(-c6ccc7[nH]c([C@@H]8C[C@@H]9C[C@@H]9N8C(=O)[C@H](C)c8ccccc8)nc7c6)cc5)ccc4[nH]3)N2C1=O. The van der Waals surface area contributed by atoms with Gasteiger partial charge in [0, 0.05) is 19.1 Å². The standard InChI is InChI=1S/C43H42N8O4/c1-24(25-6-4-3-5-7-25)41(52)50-37-22-30(37)23-38(50)40-45-32-15-13-29(21-35(32)47-40)27-10-8-26(9-11-27)28-12-14-31-34(20-28)46-39(44-31)36-17-19-49-18-16-33(42(53)51(36)49)48-43(54)55-2/h3-15,20-21,24,30,33,36-38H,16-19,22-23H2,1-2H3,(H,44,46)(H,45,47)(H,48,54)/t24-,30+,33+,36+,37+,38+/m1/s1. The van der Waals surface area contributed by atoms with Crippen LogP contribution in [0, 0.1) is 5.92 Å². The number of hydrazine groups is 1. The van der Waals surface area contributed by atoms with Crippen molar-refractivity contribution >= 4 is 40.0 Å². The van der Waals surface area contributed by atoms with E-state index in [9.17, 15) is 14.4 Å². The fourth-order valence-electron chi connectivity index (χ4n) is 9.07. The summed E-state index contributed by atoms with van der Waals surface area (Å²) < 4.78 is 4.73. The number of hydrogen-bond acceptors (Lipinski definition) is 7. The molecule has 1 saturated carbocycles. The van der Waals surface area contributed by atoms with Crippen LogP contribution in [0.5, 0.6) is 0 Å². The van der Waals surface area contributed by atoms with Gasteiger partial charge in [0.2, 0.25) is 5.91 Å². The van der Waals surface area contributed by atoms with E-state index in [0.717, 1.165) is 87.3 Å². The van der Waals surface area contributed by atoms with E-state index in [2.05, 4.69) is 74.8 Å². The second kappa shape index (κ2) is 13.1.